The minimum absolute atomic E-state index is 0.0357. The Morgan fingerprint density at radius 3 is 2.85 bits per heavy atom. The molecule has 9 heteroatoms. The molecule has 0 aromatic carbocycles. The Kier molecular flexibility index (Phi) is 7.83. The summed E-state index contributed by atoms with van der Waals surface area (Å²) in [5, 5.41) is 15.2. The monoisotopic (exact) mass is 366 g/mol. The van der Waals surface area contributed by atoms with Crippen molar-refractivity contribution in [3.05, 3.63) is 12.2 Å². The predicted molar refractivity (Wildman–Crippen MR) is 96.2 cm³/mol. The minimum Gasteiger partial charge on any atom is -0.376 e. The van der Waals surface area contributed by atoms with Gasteiger partial charge in [0.1, 0.15) is 12.2 Å². The third-order valence-corrected chi connectivity index (χ3v) is 4.32. The first-order chi connectivity index (χ1) is 12.5. The normalized spacial score (nSPS) is 22.8. The summed E-state index contributed by atoms with van der Waals surface area (Å²) in [5.74, 6) is 0.416. The number of aromatic nitrogens is 3. The number of urea groups is 1. The lowest BCUT2D eigenvalue weighted by molar-refractivity contribution is -0.127. The van der Waals surface area contributed by atoms with Crippen molar-refractivity contribution < 1.29 is 14.3 Å². The zero-order valence-corrected chi connectivity index (χ0v) is 15.7. The molecule has 0 saturated heterocycles. The van der Waals surface area contributed by atoms with Crippen LogP contribution < -0.4 is 16.0 Å². The van der Waals surface area contributed by atoms with Gasteiger partial charge in [-0.05, 0) is 39.5 Å². The van der Waals surface area contributed by atoms with Gasteiger partial charge in [0.15, 0.2) is 0 Å². The summed E-state index contributed by atoms with van der Waals surface area (Å²) in [4.78, 5) is 28.6. The fraction of sp³-hybridized carbons (Fsp3) is 0.765. The molecular formula is C17H30N6O3. The summed E-state index contributed by atoms with van der Waals surface area (Å²) in [6, 6.07) is -0.359. The number of amides is 3. The van der Waals surface area contributed by atoms with Crippen molar-refractivity contribution >= 4 is 11.9 Å². The van der Waals surface area contributed by atoms with Crippen molar-refractivity contribution in [2.24, 2.45) is 5.92 Å². The number of nitrogens with zero attached hydrogens (tertiary/aromatic N) is 2. The van der Waals surface area contributed by atoms with Gasteiger partial charge in [0.25, 0.3) is 0 Å². The Morgan fingerprint density at radius 2 is 2.19 bits per heavy atom. The molecule has 1 aliphatic rings. The molecule has 1 heterocycles. The fourth-order valence-electron chi connectivity index (χ4n) is 3.10. The van der Waals surface area contributed by atoms with Gasteiger partial charge in [-0.15, -0.1) is 0 Å². The van der Waals surface area contributed by atoms with Gasteiger partial charge in [-0.25, -0.2) is 9.78 Å². The SMILES string of the molecule is CCCO[C@@H]1CC[C@H](C(=O)NCc2ncn[nH]2)C[C@H]1NC(=O)NC(C)C. The van der Waals surface area contributed by atoms with Crippen LogP contribution in [0, 0.1) is 5.92 Å². The van der Waals surface area contributed by atoms with E-state index in [9.17, 15) is 9.59 Å². The van der Waals surface area contributed by atoms with Crippen molar-refractivity contribution in [3.8, 4) is 0 Å². The number of H-pyrrole nitrogens is 1. The van der Waals surface area contributed by atoms with Crippen LogP contribution in [0.1, 0.15) is 52.3 Å². The first kappa shape index (κ1) is 20.2. The standard InChI is InChI=1S/C17H30N6O3/c1-4-7-26-14-6-5-12(8-13(14)22-17(25)21-11(2)3)16(24)18-9-15-19-10-20-23-15/h10-14H,4-9H2,1-3H3,(H,18,24)(H,19,20,23)(H2,21,22,25)/t12-,13+,14+/m0/s1. The zero-order chi connectivity index (χ0) is 18.9. The molecule has 3 atom stereocenters. The van der Waals surface area contributed by atoms with Crippen molar-refractivity contribution in [1.82, 2.24) is 31.1 Å². The zero-order valence-electron chi connectivity index (χ0n) is 15.7. The Bertz CT molecular complexity index is 563. The molecule has 1 saturated carbocycles. The van der Waals surface area contributed by atoms with Gasteiger partial charge in [0, 0.05) is 18.6 Å². The van der Waals surface area contributed by atoms with E-state index < -0.39 is 0 Å². The van der Waals surface area contributed by atoms with E-state index >= 15 is 0 Å². The van der Waals surface area contributed by atoms with E-state index in [-0.39, 0.29) is 36.0 Å². The lowest BCUT2D eigenvalue weighted by atomic mass is 9.83. The molecule has 9 nitrogen and oxygen atoms in total. The molecule has 26 heavy (non-hydrogen) atoms. The van der Waals surface area contributed by atoms with Crippen molar-refractivity contribution in [1.29, 1.82) is 0 Å². The van der Waals surface area contributed by atoms with Crippen LogP contribution in [0.2, 0.25) is 0 Å². The summed E-state index contributed by atoms with van der Waals surface area (Å²) in [6.07, 6.45) is 4.30. The van der Waals surface area contributed by atoms with Gasteiger partial charge in [-0.2, -0.15) is 5.10 Å². The highest BCUT2D eigenvalue weighted by Crippen LogP contribution is 2.27. The van der Waals surface area contributed by atoms with Crippen LogP contribution in [-0.2, 0) is 16.1 Å². The Morgan fingerprint density at radius 1 is 1.38 bits per heavy atom. The van der Waals surface area contributed by atoms with Crippen LogP contribution in [0.15, 0.2) is 6.33 Å². The number of nitrogens with one attached hydrogen (secondary N) is 4. The number of aromatic amines is 1. The van der Waals surface area contributed by atoms with Gasteiger partial charge >= 0.3 is 6.03 Å². The van der Waals surface area contributed by atoms with E-state index in [1.165, 1.54) is 6.33 Å². The number of ether oxygens (including phenoxy) is 1. The van der Waals surface area contributed by atoms with Crippen LogP contribution in [-0.4, -0.2) is 51.9 Å². The fourth-order valence-corrected chi connectivity index (χ4v) is 3.10. The van der Waals surface area contributed by atoms with E-state index in [2.05, 4.69) is 38.1 Å². The van der Waals surface area contributed by atoms with E-state index in [1.54, 1.807) is 0 Å². The highest BCUT2D eigenvalue weighted by molar-refractivity contribution is 5.79. The molecular weight excluding hydrogens is 336 g/mol. The minimum atomic E-state index is -0.224. The average molecular weight is 366 g/mol. The van der Waals surface area contributed by atoms with E-state index in [0.29, 0.717) is 25.4 Å². The number of hydrogen-bond donors (Lipinski definition) is 4. The van der Waals surface area contributed by atoms with Crippen molar-refractivity contribution in [3.63, 3.8) is 0 Å². The second kappa shape index (κ2) is 10.1. The molecule has 0 spiro atoms. The topological polar surface area (TPSA) is 121 Å². The van der Waals surface area contributed by atoms with E-state index in [1.807, 2.05) is 13.8 Å². The Hall–Kier alpha value is -2.16. The lowest BCUT2D eigenvalue weighted by Gasteiger charge is -2.36. The largest absolute Gasteiger partial charge is 0.376 e. The summed E-state index contributed by atoms with van der Waals surface area (Å²) >= 11 is 0. The summed E-state index contributed by atoms with van der Waals surface area (Å²) in [6.45, 7) is 6.83. The quantitative estimate of drug-likeness (QED) is 0.549. The second-order valence-electron chi connectivity index (χ2n) is 6.95. The van der Waals surface area contributed by atoms with Gasteiger partial charge < -0.3 is 20.7 Å². The van der Waals surface area contributed by atoms with Crippen LogP contribution in [0.25, 0.3) is 0 Å². The molecule has 146 valence electrons. The van der Waals surface area contributed by atoms with Gasteiger partial charge in [-0.3, -0.25) is 9.89 Å². The molecule has 0 aliphatic heterocycles. The molecule has 0 unspecified atom stereocenters. The molecule has 4 N–H and O–H groups in total. The van der Waals surface area contributed by atoms with Gasteiger partial charge in [0.2, 0.25) is 5.91 Å². The van der Waals surface area contributed by atoms with Crippen LogP contribution in [0.4, 0.5) is 4.79 Å². The highest BCUT2D eigenvalue weighted by atomic mass is 16.5. The molecule has 1 aromatic rings. The maximum absolute atomic E-state index is 12.5. The third kappa shape index (κ3) is 6.29. The number of carbonyl (C=O) groups is 2. The van der Waals surface area contributed by atoms with E-state index in [4.69, 9.17) is 4.74 Å². The number of hydrogen-bond acceptors (Lipinski definition) is 5. The highest BCUT2D eigenvalue weighted by Gasteiger charge is 2.35. The molecule has 0 bridgehead atoms. The van der Waals surface area contributed by atoms with Crippen molar-refractivity contribution in [2.75, 3.05) is 6.61 Å². The van der Waals surface area contributed by atoms with Gasteiger partial charge in [0.05, 0.1) is 18.7 Å². The van der Waals surface area contributed by atoms with Crippen LogP contribution in [0.5, 0.6) is 0 Å². The molecule has 1 aromatic heterocycles. The first-order valence-corrected chi connectivity index (χ1v) is 9.30. The first-order valence-electron chi connectivity index (χ1n) is 9.30. The summed E-state index contributed by atoms with van der Waals surface area (Å²) in [5.41, 5.74) is 0. The number of carbonyl (C=O) groups excluding carboxylic acids is 2. The molecule has 1 fully saturated rings. The summed E-state index contributed by atoms with van der Waals surface area (Å²) < 4.78 is 5.90. The lowest BCUT2D eigenvalue weighted by Crippen LogP contribution is -2.53. The maximum Gasteiger partial charge on any atom is 0.315 e. The second-order valence-corrected chi connectivity index (χ2v) is 6.95. The van der Waals surface area contributed by atoms with Gasteiger partial charge in [-0.1, -0.05) is 6.92 Å². The Balaban J connectivity index is 1.91. The molecule has 0 radical (unpaired) electrons. The summed E-state index contributed by atoms with van der Waals surface area (Å²) in [7, 11) is 0. The Labute approximate surface area is 154 Å². The predicted octanol–water partition coefficient (Wildman–Crippen LogP) is 1.09. The third-order valence-electron chi connectivity index (χ3n) is 4.32. The van der Waals surface area contributed by atoms with E-state index in [0.717, 1.165) is 19.3 Å². The average Bonchev–Trinajstić information content (AvgIpc) is 3.11. The van der Waals surface area contributed by atoms with Crippen LogP contribution in [0.3, 0.4) is 0 Å². The van der Waals surface area contributed by atoms with Crippen molar-refractivity contribution in [2.45, 2.75) is 71.2 Å². The molecule has 2 rings (SSSR count). The molecule has 1 aliphatic carbocycles. The van der Waals surface area contributed by atoms with Crippen LogP contribution >= 0.6 is 0 Å². The maximum atomic E-state index is 12.5. The smallest absolute Gasteiger partial charge is 0.315 e. The molecule has 3 amide bonds. The number of rotatable bonds is 8.